The summed E-state index contributed by atoms with van der Waals surface area (Å²) in [6, 6.07) is 1.69. The minimum atomic E-state index is -0.300. The Bertz CT molecular complexity index is 390. The molecule has 0 unspecified atom stereocenters. The maximum absolute atomic E-state index is 11.2. The number of carbonyl (C=O) groups excluding carboxylic acids is 1. The molecule has 0 saturated carbocycles. The molecule has 1 aromatic heterocycles. The van der Waals surface area contributed by atoms with Crippen molar-refractivity contribution in [1.82, 2.24) is 4.98 Å². The smallest absolute Gasteiger partial charge is 0.311 e. The van der Waals surface area contributed by atoms with Crippen LogP contribution >= 0.6 is 0 Å². The predicted molar refractivity (Wildman–Crippen MR) is 62.0 cm³/mol. The highest BCUT2D eigenvalue weighted by molar-refractivity contribution is 5.71. The zero-order valence-electron chi connectivity index (χ0n) is 10.5. The number of aryl methyl sites for hydroxylation is 1. The topological polar surface area (TPSA) is 57.6 Å². The molecule has 0 saturated heterocycles. The van der Waals surface area contributed by atoms with Crippen molar-refractivity contribution in [3.63, 3.8) is 0 Å². The monoisotopic (exact) mass is 239 g/mol. The van der Waals surface area contributed by atoms with Gasteiger partial charge in [-0.25, -0.2) is 0 Å². The maximum Gasteiger partial charge on any atom is 0.311 e. The van der Waals surface area contributed by atoms with Gasteiger partial charge in [0, 0.05) is 12.3 Å². The van der Waals surface area contributed by atoms with Gasteiger partial charge in [-0.1, -0.05) is 13.8 Å². The third-order valence-electron chi connectivity index (χ3n) is 2.14. The summed E-state index contributed by atoms with van der Waals surface area (Å²) >= 11 is 0. The van der Waals surface area contributed by atoms with E-state index in [-0.39, 0.29) is 18.7 Å². The van der Waals surface area contributed by atoms with E-state index in [9.17, 15) is 4.79 Å². The van der Waals surface area contributed by atoms with E-state index in [2.05, 4.69) is 4.98 Å². The first kappa shape index (κ1) is 13.3. The number of hydrogen-bond donors (Lipinski definition) is 0. The quantitative estimate of drug-likeness (QED) is 0.580. The molecule has 1 rings (SSSR count). The van der Waals surface area contributed by atoms with Crippen molar-refractivity contribution in [3.8, 4) is 11.5 Å². The third-order valence-corrected chi connectivity index (χ3v) is 2.14. The maximum atomic E-state index is 11.2. The van der Waals surface area contributed by atoms with E-state index < -0.39 is 0 Å². The van der Waals surface area contributed by atoms with Crippen LogP contribution in [0, 0.1) is 12.8 Å². The summed E-state index contributed by atoms with van der Waals surface area (Å²) in [4.78, 5) is 15.3. The third kappa shape index (κ3) is 3.62. The summed E-state index contributed by atoms with van der Waals surface area (Å²) in [5.41, 5.74) is 0.685. The molecule has 0 bridgehead atoms. The Kier molecular flexibility index (Phi) is 4.75. The molecule has 0 spiro atoms. The molecule has 0 aliphatic carbocycles. The van der Waals surface area contributed by atoms with E-state index in [4.69, 9.17) is 14.2 Å². The first-order valence-electron chi connectivity index (χ1n) is 5.35. The summed E-state index contributed by atoms with van der Waals surface area (Å²) in [6.07, 6.45) is 1.63. The normalized spacial score (nSPS) is 10.2. The number of nitrogens with zero attached hydrogens (tertiary/aromatic N) is 1. The van der Waals surface area contributed by atoms with Crippen molar-refractivity contribution >= 4 is 5.97 Å². The largest absolute Gasteiger partial charge is 0.493 e. The lowest BCUT2D eigenvalue weighted by atomic mass is 10.2. The molecule has 0 amide bonds. The number of esters is 1. The minimum Gasteiger partial charge on any atom is -0.493 e. The zero-order valence-corrected chi connectivity index (χ0v) is 10.5. The fourth-order valence-corrected chi connectivity index (χ4v) is 1.18. The molecule has 94 valence electrons. The Hall–Kier alpha value is -1.78. The minimum absolute atomic E-state index is 0.139. The van der Waals surface area contributed by atoms with Crippen LogP contribution in [-0.4, -0.2) is 24.9 Å². The Morgan fingerprint density at radius 2 is 2.18 bits per heavy atom. The van der Waals surface area contributed by atoms with Crippen LogP contribution in [0.1, 0.15) is 19.5 Å². The van der Waals surface area contributed by atoms with Crippen LogP contribution in [0.25, 0.3) is 0 Å². The van der Waals surface area contributed by atoms with Gasteiger partial charge in [-0.15, -0.1) is 0 Å². The fourth-order valence-electron chi connectivity index (χ4n) is 1.18. The van der Waals surface area contributed by atoms with Crippen LogP contribution in [-0.2, 0) is 9.53 Å². The second-order valence-electron chi connectivity index (χ2n) is 3.81. The van der Waals surface area contributed by atoms with Crippen molar-refractivity contribution in [2.45, 2.75) is 20.8 Å². The van der Waals surface area contributed by atoms with Crippen molar-refractivity contribution in [2.75, 3.05) is 13.9 Å². The summed E-state index contributed by atoms with van der Waals surface area (Å²) in [7, 11) is 1.54. The van der Waals surface area contributed by atoms with Crippen LogP contribution < -0.4 is 9.47 Å². The molecule has 17 heavy (non-hydrogen) atoms. The van der Waals surface area contributed by atoms with Gasteiger partial charge in [0.2, 0.25) is 6.79 Å². The molecule has 0 N–H and O–H groups in total. The highest BCUT2D eigenvalue weighted by atomic mass is 16.7. The Balaban J connectivity index is 2.60. The SMILES string of the molecule is COc1ccnc(C)c1OCOC(=O)C(C)C. The van der Waals surface area contributed by atoms with E-state index in [0.29, 0.717) is 17.2 Å². The molecule has 0 aromatic carbocycles. The zero-order chi connectivity index (χ0) is 12.8. The van der Waals surface area contributed by atoms with E-state index in [1.165, 1.54) is 0 Å². The molecule has 5 nitrogen and oxygen atoms in total. The predicted octanol–water partition coefficient (Wildman–Crippen LogP) is 1.93. The lowest BCUT2D eigenvalue weighted by Gasteiger charge is -2.13. The van der Waals surface area contributed by atoms with Crippen LogP contribution in [0.3, 0.4) is 0 Å². The molecule has 0 aliphatic rings. The van der Waals surface area contributed by atoms with Crippen molar-refractivity contribution in [1.29, 1.82) is 0 Å². The highest BCUT2D eigenvalue weighted by Crippen LogP contribution is 2.28. The molecule has 5 heteroatoms. The number of carbonyl (C=O) groups is 1. The van der Waals surface area contributed by atoms with Crippen LogP contribution in [0.4, 0.5) is 0 Å². The summed E-state index contributed by atoms with van der Waals surface area (Å²) in [6.45, 7) is 5.18. The number of aromatic nitrogens is 1. The standard InChI is InChI=1S/C12H17NO4/c1-8(2)12(14)17-7-16-11-9(3)13-6-5-10(11)15-4/h5-6,8H,7H2,1-4H3. The fraction of sp³-hybridized carbons (Fsp3) is 0.500. The van der Waals surface area contributed by atoms with Crippen molar-refractivity contribution in [3.05, 3.63) is 18.0 Å². The molecule has 1 heterocycles. The van der Waals surface area contributed by atoms with E-state index in [1.807, 2.05) is 0 Å². The Morgan fingerprint density at radius 1 is 1.47 bits per heavy atom. The molecule has 0 fully saturated rings. The second kappa shape index (κ2) is 6.08. The summed E-state index contributed by atoms with van der Waals surface area (Å²) in [5, 5.41) is 0. The average Bonchev–Trinajstić information content (AvgIpc) is 2.30. The van der Waals surface area contributed by atoms with Crippen LogP contribution in [0.2, 0.25) is 0 Å². The van der Waals surface area contributed by atoms with Gasteiger partial charge in [0.1, 0.15) is 0 Å². The lowest BCUT2D eigenvalue weighted by Crippen LogP contribution is -2.16. The second-order valence-corrected chi connectivity index (χ2v) is 3.81. The molecule has 0 atom stereocenters. The van der Waals surface area contributed by atoms with Gasteiger partial charge < -0.3 is 14.2 Å². The molecule has 0 aliphatic heterocycles. The number of methoxy groups -OCH3 is 1. The molecule has 1 aromatic rings. The summed E-state index contributed by atoms with van der Waals surface area (Å²) < 4.78 is 15.4. The highest BCUT2D eigenvalue weighted by Gasteiger charge is 2.11. The van der Waals surface area contributed by atoms with Crippen LogP contribution in [0.15, 0.2) is 12.3 Å². The number of ether oxygens (including phenoxy) is 3. The van der Waals surface area contributed by atoms with Gasteiger partial charge >= 0.3 is 5.97 Å². The van der Waals surface area contributed by atoms with E-state index >= 15 is 0 Å². The lowest BCUT2D eigenvalue weighted by molar-refractivity contribution is -0.154. The van der Waals surface area contributed by atoms with Gasteiger partial charge in [0.05, 0.1) is 18.7 Å². The molecular weight excluding hydrogens is 222 g/mol. The van der Waals surface area contributed by atoms with Gasteiger partial charge in [-0.2, -0.15) is 0 Å². The average molecular weight is 239 g/mol. The number of pyridine rings is 1. The van der Waals surface area contributed by atoms with Crippen molar-refractivity contribution < 1.29 is 19.0 Å². The van der Waals surface area contributed by atoms with Crippen LogP contribution in [0.5, 0.6) is 11.5 Å². The first-order chi connectivity index (χ1) is 8.06. The van der Waals surface area contributed by atoms with E-state index in [1.54, 1.807) is 40.1 Å². The van der Waals surface area contributed by atoms with E-state index in [0.717, 1.165) is 0 Å². The van der Waals surface area contributed by atoms with Gasteiger partial charge in [-0.05, 0) is 6.92 Å². The first-order valence-corrected chi connectivity index (χ1v) is 5.35. The van der Waals surface area contributed by atoms with Gasteiger partial charge in [0.15, 0.2) is 11.5 Å². The Labute approximate surface area is 101 Å². The number of rotatable bonds is 5. The molecular formula is C12H17NO4. The van der Waals surface area contributed by atoms with Crippen molar-refractivity contribution in [2.24, 2.45) is 5.92 Å². The summed E-state index contributed by atoms with van der Waals surface area (Å²) in [5.74, 6) is 0.589. The molecule has 0 radical (unpaired) electrons. The Morgan fingerprint density at radius 3 is 2.76 bits per heavy atom. The van der Waals surface area contributed by atoms with Gasteiger partial charge in [-0.3, -0.25) is 9.78 Å². The number of hydrogen-bond acceptors (Lipinski definition) is 5. The van der Waals surface area contributed by atoms with Gasteiger partial charge in [0.25, 0.3) is 0 Å².